The minimum Gasteiger partial charge on any atom is -0.481 e. The van der Waals surface area contributed by atoms with E-state index in [0.29, 0.717) is 12.8 Å². The van der Waals surface area contributed by atoms with Crippen LogP contribution in [0, 0.1) is 17.3 Å². The number of ether oxygens (including phenoxy) is 2. The van der Waals surface area contributed by atoms with E-state index in [2.05, 4.69) is 5.32 Å². The molecule has 0 saturated heterocycles. The van der Waals surface area contributed by atoms with Crippen molar-refractivity contribution in [1.82, 2.24) is 5.32 Å². The fourth-order valence-corrected chi connectivity index (χ4v) is 2.71. The van der Waals surface area contributed by atoms with Crippen LogP contribution in [-0.2, 0) is 19.1 Å². The quantitative estimate of drug-likeness (QED) is 0.588. The van der Waals surface area contributed by atoms with E-state index in [1.54, 1.807) is 20.8 Å². The standard InChI is InChI=1S/C17H29NO6/c1-10(12-6-8-13(9-7-12)14(19)20)18-16(22)24-11(2)23-15(21)17(3,4)5/h10-13H,6-9H2,1-5H3,(H,18,22)(H,19,20). The highest BCUT2D eigenvalue weighted by atomic mass is 16.7. The Morgan fingerprint density at radius 3 is 2.04 bits per heavy atom. The lowest BCUT2D eigenvalue weighted by Crippen LogP contribution is -2.42. The first kappa shape index (κ1) is 20.3. The van der Waals surface area contributed by atoms with Crippen LogP contribution in [0.4, 0.5) is 4.79 Å². The van der Waals surface area contributed by atoms with Crippen molar-refractivity contribution in [3.05, 3.63) is 0 Å². The molecular weight excluding hydrogens is 314 g/mol. The molecule has 1 aliphatic carbocycles. The second-order valence-corrected chi connectivity index (χ2v) is 7.51. The fourth-order valence-electron chi connectivity index (χ4n) is 2.71. The molecule has 138 valence electrons. The number of rotatable bonds is 5. The minimum atomic E-state index is -0.966. The lowest BCUT2D eigenvalue weighted by Gasteiger charge is -2.31. The highest BCUT2D eigenvalue weighted by molar-refractivity contribution is 5.75. The van der Waals surface area contributed by atoms with Crippen LogP contribution in [0.2, 0.25) is 0 Å². The lowest BCUT2D eigenvalue weighted by atomic mass is 9.79. The summed E-state index contributed by atoms with van der Waals surface area (Å²) < 4.78 is 10.1. The summed E-state index contributed by atoms with van der Waals surface area (Å²) in [6.07, 6.45) is 1.16. The van der Waals surface area contributed by atoms with Gasteiger partial charge in [0.15, 0.2) is 0 Å². The van der Waals surface area contributed by atoms with Gasteiger partial charge in [-0.3, -0.25) is 9.59 Å². The Morgan fingerprint density at radius 1 is 1.04 bits per heavy atom. The Labute approximate surface area is 143 Å². The third-order valence-corrected chi connectivity index (χ3v) is 4.33. The number of carbonyl (C=O) groups excluding carboxylic acids is 2. The molecule has 0 spiro atoms. The molecule has 0 aliphatic heterocycles. The van der Waals surface area contributed by atoms with E-state index >= 15 is 0 Å². The number of aliphatic carboxylic acids is 1. The van der Waals surface area contributed by atoms with Crippen LogP contribution >= 0.6 is 0 Å². The summed E-state index contributed by atoms with van der Waals surface area (Å²) in [6, 6.07) is -0.127. The molecule has 0 bridgehead atoms. The van der Waals surface area contributed by atoms with Crippen molar-refractivity contribution >= 4 is 18.0 Å². The van der Waals surface area contributed by atoms with Gasteiger partial charge in [-0.25, -0.2) is 4.79 Å². The van der Waals surface area contributed by atoms with Crippen LogP contribution < -0.4 is 5.32 Å². The Balaban J connectivity index is 2.37. The Bertz CT molecular complexity index is 462. The zero-order chi connectivity index (χ0) is 18.5. The van der Waals surface area contributed by atoms with Crippen molar-refractivity contribution in [2.45, 2.75) is 72.6 Å². The predicted octanol–water partition coefficient (Wildman–Crippen LogP) is 2.93. The molecule has 7 heteroatoms. The largest absolute Gasteiger partial charge is 0.481 e. The van der Waals surface area contributed by atoms with Crippen LogP contribution in [0.15, 0.2) is 0 Å². The molecule has 1 rings (SSSR count). The van der Waals surface area contributed by atoms with Gasteiger partial charge in [0.05, 0.1) is 11.3 Å². The van der Waals surface area contributed by atoms with Gasteiger partial charge >= 0.3 is 18.0 Å². The average molecular weight is 343 g/mol. The first-order chi connectivity index (χ1) is 11.0. The molecule has 2 unspecified atom stereocenters. The summed E-state index contributed by atoms with van der Waals surface area (Å²) in [6.45, 7) is 8.53. The highest BCUT2D eigenvalue weighted by Crippen LogP contribution is 2.31. The van der Waals surface area contributed by atoms with Gasteiger partial charge in [-0.2, -0.15) is 0 Å². The monoisotopic (exact) mass is 343 g/mol. The number of carboxylic acid groups (broad SMARTS) is 1. The molecule has 0 aromatic rings. The van der Waals surface area contributed by atoms with Crippen molar-refractivity contribution < 1.29 is 29.0 Å². The molecule has 0 heterocycles. The summed E-state index contributed by atoms with van der Waals surface area (Å²) in [5.74, 6) is -1.25. The van der Waals surface area contributed by atoms with Gasteiger partial charge in [0, 0.05) is 13.0 Å². The van der Waals surface area contributed by atoms with Crippen molar-refractivity contribution in [2.75, 3.05) is 0 Å². The number of nitrogens with one attached hydrogen (secondary N) is 1. The van der Waals surface area contributed by atoms with Crippen LogP contribution in [0.1, 0.15) is 60.3 Å². The Kier molecular flexibility index (Phi) is 7.05. The smallest absolute Gasteiger partial charge is 0.410 e. The SMILES string of the molecule is CC(OC(=O)NC(C)C1CCC(C(=O)O)CC1)OC(=O)C(C)(C)C. The van der Waals surface area contributed by atoms with Crippen molar-refractivity contribution in [3.63, 3.8) is 0 Å². The Morgan fingerprint density at radius 2 is 1.58 bits per heavy atom. The molecule has 1 fully saturated rings. The first-order valence-corrected chi connectivity index (χ1v) is 8.41. The molecule has 2 N–H and O–H groups in total. The summed E-state index contributed by atoms with van der Waals surface area (Å²) in [5, 5.41) is 11.7. The fraction of sp³-hybridized carbons (Fsp3) is 0.824. The van der Waals surface area contributed by atoms with Gasteiger partial charge in [-0.1, -0.05) is 0 Å². The van der Waals surface area contributed by atoms with Crippen molar-refractivity contribution in [2.24, 2.45) is 17.3 Å². The molecule has 1 amide bonds. The molecule has 1 aliphatic rings. The number of amides is 1. The average Bonchev–Trinajstić information content (AvgIpc) is 2.45. The van der Waals surface area contributed by atoms with E-state index in [-0.39, 0.29) is 17.9 Å². The van der Waals surface area contributed by atoms with Gasteiger partial charge in [-0.15, -0.1) is 0 Å². The maximum absolute atomic E-state index is 11.9. The topological polar surface area (TPSA) is 102 Å². The van der Waals surface area contributed by atoms with Crippen LogP contribution in [0.3, 0.4) is 0 Å². The second-order valence-electron chi connectivity index (χ2n) is 7.51. The highest BCUT2D eigenvalue weighted by Gasteiger charge is 2.30. The second kappa shape index (κ2) is 8.35. The van der Waals surface area contributed by atoms with E-state index in [1.807, 2.05) is 6.92 Å². The number of esters is 1. The summed E-state index contributed by atoms with van der Waals surface area (Å²) >= 11 is 0. The van der Waals surface area contributed by atoms with Crippen LogP contribution in [-0.4, -0.2) is 35.5 Å². The van der Waals surface area contributed by atoms with E-state index in [4.69, 9.17) is 14.6 Å². The molecule has 0 radical (unpaired) electrons. The molecule has 2 atom stereocenters. The molecule has 0 aromatic carbocycles. The first-order valence-electron chi connectivity index (χ1n) is 8.41. The Hall–Kier alpha value is -1.79. The molecule has 7 nitrogen and oxygen atoms in total. The molecule has 0 aromatic heterocycles. The maximum atomic E-state index is 11.9. The van der Waals surface area contributed by atoms with E-state index in [1.165, 1.54) is 6.92 Å². The maximum Gasteiger partial charge on any atom is 0.410 e. The number of carboxylic acids is 1. The minimum absolute atomic E-state index is 0.127. The van der Waals surface area contributed by atoms with Gasteiger partial charge < -0.3 is 19.9 Å². The number of hydrogen-bond donors (Lipinski definition) is 2. The van der Waals surface area contributed by atoms with Gasteiger partial charge in [0.25, 0.3) is 0 Å². The normalized spacial score (nSPS) is 23.7. The zero-order valence-corrected chi connectivity index (χ0v) is 15.1. The summed E-state index contributed by atoms with van der Waals surface area (Å²) in [5.41, 5.74) is -0.663. The molecule has 1 saturated carbocycles. The van der Waals surface area contributed by atoms with E-state index in [0.717, 1.165) is 12.8 Å². The van der Waals surface area contributed by atoms with Gasteiger partial charge in [0.2, 0.25) is 6.29 Å². The third kappa shape index (κ3) is 6.37. The molecule has 24 heavy (non-hydrogen) atoms. The number of carbonyl (C=O) groups is 3. The molecular formula is C17H29NO6. The van der Waals surface area contributed by atoms with Crippen LogP contribution in [0.5, 0.6) is 0 Å². The number of hydrogen-bond acceptors (Lipinski definition) is 5. The third-order valence-electron chi connectivity index (χ3n) is 4.33. The van der Waals surface area contributed by atoms with Crippen molar-refractivity contribution in [3.8, 4) is 0 Å². The van der Waals surface area contributed by atoms with E-state index in [9.17, 15) is 14.4 Å². The van der Waals surface area contributed by atoms with E-state index < -0.39 is 29.7 Å². The van der Waals surface area contributed by atoms with Gasteiger partial charge in [0.1, 0.15) is 0 Å². The summed E-state index contributed by atoms with van der Waals surface area (Å²) in [7, 11) is 0. The number of alkyl carbamates (subject to hydrolysis) is 1. The lowest BCUT2D eigenvalue weighted by molar-refractivity contribution is -0.174. The van der Waals surface area contributed by atoms with Gasteiger partial charge in [-0.05, 0) is 59.3 Å². The van der Waals surface area contributed by atoms with Crippen molar-refractivity contribution in [1.29, 1.82) is 0 Å². The zero-order valence-electron chi connectivity index (χ0n) is 15.1. The summed E-state index contributed by atoms with van der Waals surface area (Å²) in [4.78, 5) is 34.6. The predicted molar refractivity (Wildman–Crippen MR) is 87.2 cm³/mol. The van der Waals surface area contributed by atoms with Crippen LogP contribution in [0.25, 0.3) is 0 Å².